The van der Waals surface area contributed by atoms with Crippen LogP contribution in [0.1, 0.15) is 10.4 Å². The molecule has 0 aliphatic carbocycles. The second-order valence-corrected chi connectivity index (χ2v) is 106. The normalized spacial score (nSPS) is 11.2. The molecule has 0 fully saturated rings. The fraction of sp³-hybridized carbons (Fsp3) is 0. The Labute approximate surface area is 772 Å². The van der Waals surface area contributed by atoms with Crippen LogP contribution in [0.25, 0.3) is 129 Å². The molecular weight excluding hydrogens is 2330 g/mol. The van der Waals surface area contributed by atoms with Gasteiger partial charge < -0.3 is 24.0 Å². The van der Waals surface area contributed by atoms with Crippen molar-refractivity contribution in [1.29, 1.82) is 0 Å². The van der Waals surface area contributed by atoms with Crippen LogP contribution in [-0.2, 0) is 0 Å². The Morgan fingerprint density at radius 3 is 0.810 bits per heavy atom. The summed E-state index contributed by atoms with van der Waals surface area (Å²) in [4.78, 5) is 38.7. The minimum atomic E-state index is -4.33. The summed E-state index contributed by atoms with van der Waals surface area (Å²) >= 11 is 17.5. The molecule has 0 amide bonds. The van der Waals surface area contributed by atoms with E-state index < -0.39 is 28.6 Å². The monoisotopic (exact) mass is 2370 g/mol. The Balaban J connectivity index is 0.000000220. The molecule has 0 atom stereocenters. The minimum absolute atomic E-state index is 0. The number of nitrogens with zero attached hydrogens (tertiary/aromatic N) is 6. The Morgan fingerprint density at radius 1 is 0.284 bits per heavy atom. The molecule has 5 N–H and O–H groups in total. The molecule has 10 nitrogen and oxygen atoms in total. The van der Waals surface area contributed by atoms with Crippen LogP contribution in [0.4, 0.5) is 5.69 Å². The van der Waals surface area contributed by atoms with Gasteiger partial charge in [-0.05, 0) is 158 Å². The first-order chi connectivity index (χ1) is 53.7. The summed E-state index contributed by atoms with van der Waals surface area (Å²) in [7, 11) is 50.5. The number of carbonyl (C=O) groups excluding carboxylic acids is 1. The van der Waals surface area contributed by atoms with Crippen molar-refractivity contribution < 1.29 is 27.1 Å². The average Bonchev–Trinajstić information content (AvgIpc) is 0.792. The summed E-state index contributed by atoms with van der Waals surface area (Å²) in [5.41, 5.74) is 17.8. The summed E-state index contributed by atoms with van der Waals surface area (Å²) < 4.78 is 11.8. The van der Waals surface area contributed by atoms with Crippen LogP contribution in [0.2, 0.25) is 0 Å². The van der Waals surface area contributed by atoms with E-state index in [9.17, 15) is 4.79 Å². The van der Waals surface area contributed by atoms with Crippen LogP contribution < -0.4 is 18.6 Å². The molecule has 0 aliphatic rings. The third kappa shape index (κ3) is 33.4. The van der Waals surface area contributed by atoms with Crippen molar-refractivity contribution in [2.75, 3.05) is 0 Å². The van der Waals surface area contributed by atoms with Crippen LogP contribution in [0.3, 0.4) is 0 Å². The van der Waals surface area contributed by atoms with Gasteiger partial charge in [-0.25, -0.2) is 19.8 Å². The van der Waals surface area contributed by atoms with Gasteiger partial charge in [0.1, 0.15) is 11.1 Å². The molecule has 0 saturated heterocycles. The third-order valence-corrected chi connectivity index (χ3v) is 18.5. The van der Waals surface area contributed by atoms with Crippen molar-refractivity contribution in [3.8, 4) is 124 Å². The number of halogens is 18. The Morgan fingerprint density at radius 2 is 0.509 bits per heavy atom. The van der Waals surface area contributed by atoms with Gasteiger partial charge in [0.05, 0.1) is 6.57 Å². The van der Waals surface area contributed by atoms with Crippen molar-refractivity contribution in [3.63, 3.8) is 0 Å². The zero-order chi connectivity index (χ0) is 80.9. The molecule has 13 aromatic carbocycles. The number of benzene rings is 13. The van der Waals surface area contributed by atoms with E-state index in [4.69, 9.17) is 136 Å². The summed E-state index contributed by atoms with van der Waals surface area (Å²) in [6.45, 7) is 6.93. The maximum atomic E-state index is 10.7. The SMILES string of the molecule is Brc1cc(Br)cc(-c2nc(-c3cccc(-c4ccccc4)c3)nc(-c3cccc(-c4ccccc4)c3)[o+]2)c1.Brc1cc(Br)cc(-c2nc(-c3cccc(-c4ccccc4)c3)nc(-c3cccc(-c4ccccc4)c3)n2)c1.N.O.O=C(Cl)c1cc(Br)cc(Br)c1.[C-]#[N+]c1cccc(-c2ccccc2)c1.[Cl-].[Cl][Sb]([Cl])([Cl])([Cl])[Cl].[Cl][Sb]([Cl])([Cl])([Cl])[Cl]. The van der Waals surface area contributed by atoms with Crippen molar-refractivity contribution in [3.05, 3.63) is 371 Å². The molecular formula is C86H59Br6Cl12N7O3Sb2. The Hall–Kier alpha value is -5.04. The summed E-state index contributed by atoms with van der Waals surface area (Å²) in [6, 6.07) is 109. The molecule has 30 heteroatoms. The average molecular weight is 2390 g/mol. The van der Waals surface area contributed by atoms with Crippen molar-refractivity contribution in [2.24, 2.45) is 0 Å². The molecule has 15 aromatic rings. The first-order valence-electron chi connectivity index (χ1n) is 33.2. The van der Waals surface area contributed by atoms with E-state index in [0.717, 1.165) is 116 Å². The quantitative estimate of drug-likeness (QED) is 0.0547. The van der Waals surface area contributed by atoms with Gasteiger partial charge in [-0.15, -0.1) is 9.97 Å². The molecule has 116 heavy (non-hydrogen) atoms. The fourth-order valence-corrected chi connectivity index (χ4v) is 14.8. The second-order valence-electron chi connectivity index (χ2n) is 23.9. The summed E-state index contributed by atoms with van der Waals surface area (Å²) in [6.07, 6.45) is 0. The van der Waals surface area contributed by atoms with E-state index in [1.54, 1.807) is 12.1 Å². The van der Waals surface area contributed by atoms with E-state index >= 15 is 0 Å². The molecule has 0 spiro atoms. The topological polar surface area (TPSA) is 164 Å². The standard InChI is InChI=1S/C33H21Br2N3.C33H21Br2N2O.C13H9N.C7H3Br2ClO.11ClH.H3N.H2O.2Sb/c2*34-29-19-28(20-30(35)21-29)33-37-31(26-15-7-13-24(17-26)22-9-3-1-4-10-22)36-32(38-33)27-16-8-14-25(18-27)23-11-5-2-6-12-23;1-14-13-9-5-8-12(10-13)11-6-3-2-4-7-11;8-5-1-4(7(10)11)2-6(9)3-5;;;;;;;;;;;;;;;/h2*1-21H;2-10H;1-3H;11*1H;1H3;1H2;;/q;+1;;;;;;;;;;;;;;;;2*+5/p-11. The third-order valence-electron chi connectivity index (χ3n) is 15.5. The number of hydrogen-bond donors (Lipinski definition) is 1. The van der Waals surface area contributed by atoms with Crippen molar-refractivity contribution in [1.82, 2.24) is 31.1 Å². The van der Waals surface area contributed by atoms with Gasteiger partial charge in [0.15, 0.2) is 29.0 Å². The second kappa shape index (κ2) is 45.7. The van der Waals surface area contributed by atoms with E-state index in [1.165, 1.54) is 0 Å². The molecule has 15 rings (SSSR count). The Bertz CT molecular complexity index is 5300. The fourth-order valence-electron chi connectivity index (χ4n) is 10.8. The predicted molar refractivity (Wildman–Crippen MR) is 513 cm³/mol. The van der Waals surface area contributed by atoms with Crippen molar-refractivity contribution >= 4 is 230 Å². The van der Waals surface area contributed by atoms with Gasteiger partial charge in [-0.2, -0.15) is 4.42 Å². The number of hydrogen-bond acceptors (Lipinski definition) is 7. The number of rotatable bonds is 12. The van der Waals surface area contributed by atoms with Crippen LogP contribution in [0.15, 0.2) is 359 Å². The van der Waals surface area contributed by atoms with Crippen LogP contribution in [0.5, 0.6) is 0 Å². The van der Waals surface area contributed by atoms with E-state index in [1.807, 2.05) is 218 Å². The summed E-state index contributed by atoms with van der Waals surface area (Å²) in [5.74, 6) is 3.46. The predicted octanol–water partition coefficient (Wildman–Crippen LogP) is 29.9. The van der Waals surface area contributed by atoms with Gasteiger partial charge in [0, 0.05) is 54.7 Å². The zero-order valence-corrected chi connectivity index (χ0v) is 83.3. The van der Waals surface area contributed by atoms with Gasteiger partial charge in [-0.1, -0.05) is 332 Å². The number of aromatic nitrogens is 5. The van der Waals surface area contributed by atoms with E-state index in [2.05, 4.69) is 197 Å². The molecule has 0 unspecified atom stereocenters. The van der Waals surface area contributed by atoms with Crippen molar-refractivity contribution in [2.45, 2.75) is 0 Å². The van der Waals surface area contributed by atoms with Gasteiger partial charge in [0.25, 0.3) is 5.24 Å². The van der Waals surface area contributed by atoms with E-state index in [-0.39, 0.29) is 24.0 Å². The van der Waals surface area contributed by atoms with Gasteiger partial charge in [-0.3, -0.25) is 4.79 Å². The van der Waals surface area contributed by atoms with E-state index in [0.29, 0.717) is 46.3 Å². The van der Waals surface area contributed by atoms with Gasteiger partial charge in [0.2, 0.25) is 0 Å². The molecule has 2 aromatic heterocycles. The first-order valence-corrected chi connectivity index (χ1v) is 70.6. The number of carbonyl (C=O) groups is 1. The first kappa shape index (κ1) is 98.1. The van der Waals surface area contributed by atoms with Crippen LogP contribution in [0, 0.1) is 6.57 Å². The molecule has 592 valence electrons. The molecule has 0 aliphatic heterocycles. The van der Waals surface area contributed by atoms with Crippen LogP contribution in [-0.4, -0.2) is 59.0 Å². The molecule has 0 bridgehead atoms. The molecule has 2 heterocycles. The van der Waals surface area contributed by atoms with Gasteiger partial charge >= 0.3 is 123 Å². The summed E-state index contributed by atoms with van der Waals surface area (Å²) in [5, 5.41) is -0.452. The molecule has 0 radical (unpaired) electrons. The van der Waals surface area contributed by atoms with Crippen LogP contribution >= 0.6 is 195 Å². The zero-order valence-electron chi connectivity index (χ0n) is 59.6. The maximum absolute atomic E-state index is 10.7. The Kier molecular flexibility index (Phi) is 38.7. The molecule has 0 saturated carbocycles.